The van der Waals surface area contributed by atoms with E-state index in [0.717, 1.165) is 37.4 Å². The van der Waals surface area contributed by atoms with E-state index in [1.165, 1.54) is 0 Å². The first-order valence-corrected chi connectivity index (χ1v) is 5.74. The Morgan fingerprint density at radius 1 is 1.43 bits per heavy atom. The molecule has 0 atom stereocenters. The number of rotatable bonds is 3. The molecule has 0 saturated heterocycles. The number of nitrogens with one attached hydrogen (secondary N) is 1. The maximum atomic E-state index is 9.36. The molecule has 1 aromatic heterocycles. The van der Waals surface area contributed by atoms with Crippen LogP contribution in [-0.2, 0) is 0 Å². The van der Waals surface area contributed by atoms with Crippen LogP contribution in [-0.4, -0.2) is 26.0 Å². The van der Waals surface area contributed by atoms with Crippen molar-refractivity contribution in [3.63, 3.8) is 0 Å². The highest BCUT2D eigenvalue weighted by atomic mass is 35.5. The Morgan fingerprint density at radius 2 is 2.14 bits per heavy atom. The van der Waals surface area contributed by atoms with E-state index in [2.05, 4.69) is 14.1 Å². The first-order chi connectivity index (χ1) is 6.76. The number of aliphatic hydroxyl groups is 1. The molecule has 1 aliphatic carbocycles. The lowest BCUT2D eigenvalue weighted by Gasteiger charge is -2.27. The molecule has 0 bridgehead atoms. The predicted molar refractivity (Wildman–Crippen MR) is 56.8 cm³/mol. The van der Waals surface area contributed by atoms with Crippen LogP contribution in [0.3, 0.4) is 0 Å². The second-order valence-electron chi connectivity index (χ2n) is 3.67. The van der Waals surface area contributed by atoms with Crippen LogP contribution >= 0.6 is 23.3 Å². The van der Waals surface area contributed by atoms with E-state index in [1.807, 2.05) is 0 Å². The lowest BCUT2D eigenvalue weighted by molar-refractivity contribution is 0.214. The predicted octanol–water partition coefficient (Wildman–Crippen LogP) is 1.91. The van der Waals surface area contributed by atoms with Crippen LogP contribution < -0.4 is 5.32 Å². The average Bonchev–Trinajstić information content (AvgIpc) is 2.79. The summed E-state index contributed by atoms with van der Waals surface area (Å²) in [7, 11) is 0. The van der Waals surface area contributed by atoms with E-state index in [-0.39, 0.29) is 12.1 Å². The Labute approximate surface area is 91.6 Å². The molecule has 0 spiro atoms. The number of halogens is 1. The van der Waals surface area contributed by atoms with Crippen molar-refractivity contribution in [2.75, 3.05) is 11.9 Å². The Balaban J connectivity index is 2.12. The van der Waals surface area contributed by atoms with Gasteiger partial charge in [0.15, 0.2) is 11.0 Å². The molecular weight excluding hydrogens is 222 g/mol. The summed E-state index contributed by atoms with van der Waals surface area (Å²) in [5, 5.41) is 13.0. The van der Waals surface area contributed by atoms with Crippen LogP contribution in [0.5, 0.6) is 0 Å². The normalized spacial score (nSPS) is 19.9. The summed E-state index contributed by atoms with van der Waals surface area (Å²) >= 11 is 6.91. The number of aliphatic hydroxyl groups excluding tert-OH is 1. The summed E-state index contributed by atoms with van der Waals surface area (Å²) in [6.45, 7) is 0.126. The van der Waals surface area contributed by atoms with Gasteiger partial charge in [-0.1, -0.05) is 24.4 Å². The summed E-state index contributed by atoms with van der Waals surface area (Å²) in [5.41, 5.74) is -0.223. The minimum atomic E-state index is -0.223. The molecule has 1 fully saturated rings. The SMILES string of the molecule is OCC1(Nc2nsnc2Cl)CCCC1. The van der Waals surface area contributed by atoms with E-state index >= 15 is 0 Å². The third-order valence-electron chi connectivity index (χ3n) is 2.70. The Hall–Kier alpha value is -0.390. The van der Waals surface area contributed by atoms with Crippen molar-refractivity contribution in [1.82, 2.24) is 8.75 Å². The molecule has 0 radical (unpaired) electrons. The molecule has 6 heteroatoms. The van der Waals surface area contributed by atoms with E-state index in [9.17, 15) is 5.11 Å². The number of aromatic nitrogens is 2. The van der Waals surface area contributed by atoms with E-state index < -0.39 is 0 Å². The zero-order valence-corrected chi connectivity index (χ0v) is 9.24. The highest BCUT2D eigenvalue weighted by Gasteiger charge is 2.34. The molecule has 0 aromatic carbocycles. The molecule has 2 rings (SSSR count). The Bertz CT molecular complexity index is 311. The van der Waals surface area contributed by atoms with Crippen molar-refractivity contribution in [1.29, 1.82) is 0 Å². The molecule has 14 heavy (non-hydrogen) atoms. The smallest absolute Gasteiger partial charge is 0.186 e. The molecule has 1 aromatic rings. The zero-order chi connectivity index (χ0) is 10.0. The fourth-order valence-electron chi connectivity index (χ4n) is 1.88. The van der Waals surface area contributed by atoms with Gasteiger partial charge in [-0.2, -0.15) is 8.75 Å². The summed E-state index contributed by atoms with van der Waals surface area (Å²) in [5.74, 6) is 0.604. The Morgan fingerprint density at radius 3 is 2.64 bits per heavy atom. The number of nitrogens with zero attached hydrogens (tertiary/aromatic N) is 2. The van der Waals surface area contributed by atoms with E-state index in [0.29, 0.717) is 11.0 Å². The largest absolute Gasteiger partial charge is 0.394 e. The van der Waals surface area contributed by atoms with Crippen molar-refractivity contribution >= 4 is 29.1 Å². The average molecular weight is 234 g/mol. The van der Waals surface area contributed by atoms with Gasteiger partial charge in [0.25, 0.3) is 0 Å². The van der Waals surface area contributed by atoms with Crippen LogP contribution in [0.15, 0.2) is 0 Å². The minimum Gasteiger partial charge on any atom is -0.394 e. The highest BCUT2D eigenvalue weighted by Crippen LogP contribution is 2.34. The standard InChI is InChI=1S/C8H12ClN3OS/c9-6-7(12-14-11-6)10-8(5-13)3-1-2-4-8/h13H,1-5H2,(H,10,12). The zero-order valence-electron chi connectivity index (χ0n) is 7.66. The molecule has 0 unspecified atom stereocenters. The maximum Gasteiger partial charge on any atom is 0.186 e. The first-order valence-electron chi connectivity index (χ1n) is 4.63. The molecule has 1 saturated carbocycles. The molecule has 0 aliphatic heterocycles. The minimum absolute atomic E-state index is 0.126. The van der Waals surface area contributed by atoms with Gasteiger partial charge in [0.2, 0.25) is 0 Å². The summed E-state index contributed by atoms with van der Waals surface area (Å²) in [6, 6.07) is 0. The fourth-order valence-corrected chi connectivity index (χ4v) is 2.52. The summed E-state index contributed by atoms with van der Waals surface area (Å²) < 4.78 is 7.92. The maximum absolute atomic E-state index is 9.36. The molecule has 1 heterocycles. The quantitative estimate of drug-likeness (QED) is 0.838. The molecular formula is C8H12ClN3OS. The van der Waals surface area contributed by atoms with Crippen molar-refractivity contribution in [3.8, 4) is 0 Å². The van der Waals surface area contributed by atoms with Crippen molar-refractivity contribution in [2.45, 2.75) is 31.2 Å². The topological polar surface area (TPSA) is 58.0 Å². The van der Waals surface area contributed by atoms with Crippen LogP contribution in [0.4, 0.5) is 5.82 Å². The van der Waals surface area contributed by atoms with Gasteiger partial charge in [-0.15, -0.1) is 0 Å². The monoisotopic (exact) mass is 233 g/mol. The second kappa shape index (κ2) is 4.00. The van der Waals surface area contributed by atoms with Gasteiger partial charge in [0.1, 0.15) is 0 Å². The van der Waals surface area contributed by atoms with Gasteiger partial charge in [0.05, 0.1) is 23.9 Å². The first kappa shape index (κ1) is 10.1. The molecule has 4 nitrogen and oxygen atoms in total. The fraction of sp³-hybridized carbons (Fsp3) is 0.750. The number of hydrogen-bond acceptors (Lipinski definition) is 5. The molecule has 1 aliphatic rings. The van der Waals surface area contributed by atoms with Gasteiger partial charge in [-0.05, 0) is 12.8 Å². The second-order valence-corrected chi connectivity index (χ2v) is 4.56. The van der Waals surface area contributed by atoms with Crippen molar-refractivity contribution in [3.05, 3.63) is 5.15 Å². The highest BCUT2D eigenvalue weighted by molar-refractivity contribution is 6.99. The van der Waals surface area contributed by atoms with E-state index in [1.54, 1.807) is 0 Å². The van der Waals surface area contributed by atoms with Crippen LogP contribution in [0.25, 0.3) is 0 Å². The van der Waals surface area contributed by atoms with Crippen LogP contribution in [0.2, 0.25) is 5.15 Å². The lowest BCUT2D eigenvalue weighted by atomic mass is 9.99. The summed E-state index contributed by atoms with van der Waals surface area (Å²) in [4.78, 5) is 0. The molecule has 78 valence electrons. The third kappa shape index (κ3) is 1.85. The van der Waals surface area contributed by atoms with E-state index in [4.69, 9.17) is 11.6 Å². The lowest BCUT2D eigenvalue weighted by Crippen LogP contribution is -2.39. The third-order valence-corrected chi connectivity index (χ3v) is 3.59. The Kier molecular flexibility index (Phi) is 2.90. The van der Waals surface area contributed by atoms with Gasteiger partial charge in [-0.3, -0.25) is 0 Å². The van der Waals surface area contributed by atoms with Crippen molar-refractivity contribution < 1.29 is 5.11 Å². The number of anilines is 1. The molecule has 2 N–H and O–H groups in total. The number of hydrogen-bond donors (Lipinski definition) is 2. The van der Waals surface area contributed by atoms with Gasteiger partial charge in [0, 0.05) is 0 Å². The van der Waals surface area contributed by atoms with Gasteiger partial charge < -0.3 is 10.4 Å². The van der Waals surface area contributed by atoms with Crippen LogP contribution in [0.1, 0.15) is 25.7 Å². The van der Waals surface area contributed by atoms with Gasteiger partial charge >= 0.3 is 0 Å². The van der Waals surface area contributed by atoms with Gasteiger partial charge in [-0.25, -0.2) is 0 Å². The summed E-state index contributed by atoms with van der Waals surface area (Å²) in [6.07, 6.45) is 4.22. The van der Waals surface area contributed by atoms with Crippen LogP contribution in [0, 0.1) is 0 Å². The molecule has 0 amide bonds. The van der Waals surface area contributed by atoms with Crippen molar-refractivity contribution in [2.24, 2.45) is 0 Å².